The molecule has 2 aliphatic rings. The summed E-state index contributed by atoms with van der Waals surface area (Å²) in [6, 6.07) is 10.6. The van der Waals surface area contributed by atoms with Crippen LogP contribution in [0.5, 0.6) is 11.5 Å². The second-order valence-electron chi connectivity index (χ2n) is 7.72. The van der Waals surface area contributed by atoms with Crippen LogP contribution in [0.1, 0.15) is 48.7 Å². The van der Waals surface area contributed by atoms with Crippen molar-refractivity contribution in [2.75, 3.05) is 30.4 Å². The van der Waals surface area contributed by atoms with E-state index in [9.17, 15) is 14.4 Å². The molecule has 0 radical (unpaired) electrons. The van der Waals surface area contributed by atoms with Crippen molar-refractivity contribution in [2.24, 2.45) is 0 Å². The summed E-state index contributed by atoms with van der Waals surface area (Å²) in [5.41, 5.74) is 2.31. The highest BCUT2D eigenvalue weighted by Gasteiger charge is 2.32. The van der Waals surface area contributed by atoms with E-state index in [1.165, 1.54) is 13.8 Å². The third-order valence-corrected chi connectivity index (χ3v) is 5.29. The molecule has 3 amide bonds. The van der Waals surface area contributed by atoms with Gasteiger partial charge in [0.25, 0.3) is 5.91 Å². The fourth-order valence-electron chi connectivity index (χ4n) is 4.09. The molecule has 0 unspecified atom stereocenters. The molecule has 31 heavy (non-hydrogen) atoms. The largest absolute Gasteiger partial charge is 0.486 e. The molecular formula is C23H25N3O5. The third-order valence-electron chi connectivity index (χ3n) is 5.29. The van der Waals surface area contributed by atoms with Crippen LogP contribution in [0.15, 0.2) is 36.4 Å². The van der Waals surface area contributed by atoms with Crippen LogP contribution in [0.4, 0.5) is 11.4 Å². The average molecular weight is 423 g/mol. The number of hydrogen-bond acceptors (Lipinski definition) is 5. The number of nitrogens with one attached hydrogen (secondary N) is 2. The monoisotopic (exact) mass is 423 g/mol. The molecule has 4 rings (SSSR count). The number of likely N-dealkylation sites (tertiary alicyclic amines) is 1. The maximum absolute atomic E-state index is 13.4. The Morgan fingerprint density at radius 2 is 1.55 bits per heavy atom. The highest BCUT2D eigenvalue weighted by molar-refractivity contribution is 6.00. The van der Waals surface area contributed by atoms with Gasteiger partial charge in [-0.05, 0) is 48.7 Å². The molecule has 2 aliphatic heterocycles. The quantitative estimate of drug-likeness (QED) is 0.786. The molecular weight excluding hydrogens is 398 g/mol. The Morgan fingerprint density at radius 3 is 2.19 bits per heavy atom. The second kappa shape index (κ2) is 8.67. The minimum atomic E-state index is -0.256. The molecule has 8 nitrogen and oxygen atoms in total. The summed E-state index contributed by atoms with van der Waals surface area (Å²) in [6.07, 6.45) is 1.73. The average Bonchev–Trinajstić information content (AvgIpc) is 3.21. The fourth-order valence-corrected chi connectivity index (χ4v) is 4.09. The topological polar surface area (TPSA) is 97.0 Å². The van der Waals surface area contributed by atoms with E-state index in [-0.39, 0.29) is 23.8 Å². The summed E-state index contributed by atoms with van der Waals surface area (Å²) in [6.45, 7) is 4.45. The molecule has 1 atom stereocenters. The highest BCUT2D eigenvalue weighted by atomic mass is 16.6. The predicted molar refractivity (Wildman–Crippen MR) is 115 cm³/mol. The summed E-state index contributed by atoms with van der Waals surface area (Å²) in [7, 11) is 0. The number of amides is 3. The first-order valence-corrected chi connectivity index (χ1v) is 10.3. The summed E-state index contributed by atoms with van der Waals surface area (Å²) in [5, 5.41) is 5.38. The molecule has 0 bridgehead atoms. The lowest BCUT2D eigenvalue weighted by atomic mass is 10.0. The molecule has 0 aromatic heterocycles. The van der Waals surface area contributed by atoms with E-state index in [4.69, 9.17) is 9.47 Å². The Balaban J connectivity index is 1.63. The SMILES string of the molecule is CC(=O)Nc1cc(NC(C)=O)cc(C(=O)N2CCC[C@H]2c2ccc3c(c2)OCCO3)c1. The summed E-state index contributed by atoms with van der Waals surface area (Å²) < 4.78 is 11.3. The number of nitrogens with zero attached hydrogens (tertiary/aromatic N) is 1. The van der Waals surface area contributed by atoms with Crippen LogP contribution in [0, 0.1) is 0 Å². The zero-order valence-corrected chi connectivity index (χ0v) is 17.6. The van der Waals surface area contributed by atoms with Crippen molar-refractivity contribution < 1.29 is 23.9 Å². The minimum Gasteiger partial charge on any atom is -0.486 e. The van der Waals surface area contributed by atoms with Gasteiger partial charge >= 0.3 is 0 Å². The molecule has 0 saturated carbocycles. The Labute approximate surface area is 180 Å². The first-order chi connectivity index (χ1) is 14.9. The lowest BCUT2D eigenvalue weighted by Crippen LogP contribution is -2.31. The van der Waals surface area contributed by atoms with Gasteiger partial charge in [-0.2, -0.15) is 0 Å². The summed E-state index contributed by atoms with van der Waals surface area (Å²) in [4.78, 5) is 38.3. The Hall–Kier alpha value is -3.55. The summed E-state index contributed by atoms with van der Waals surface area (Å²) in [5.74, 6) is 0.746. The molecule has 1 fully saturated rings. The van der Waals surface area contributed by atoms with E-state index < -0.39 is 0 Å². The highest BCUT2D eigenvalue weighted by Crippen LogP contribution is 2.39. The standard InChI is InChI=1S/C23H25N3O5/c1-14(27)24-18-10-17(11-19(13-18)25-15(2)28)23(29)26-7-3-4-20(26)16-5-6-21-22(12-16)31-9-8-30-21/h5-6,10-13,20H,3-4,7-9H2,1-2H3,(H,24,27)(H,25,28)/t20-/m0/s1. The fraction of sp³-hybridized carbons (Fsp3) is 0.348. The van der Waals surface area contributed by atoms with Gasteiger partial charge in [-0.15, -0.1) is 0 Å². The normalized spacial score (nSPS) is 17.2. The molecule has 1 saturated heterocycles. The molecule has 2 N–H and O–H groups in total. The van der Waals surface area contributed by atoms with Gasteiger partial charge in [0.15, 0.2) is 11.5 Å². The number of carbonyl (C=O) groups is 3. The number of carbonyl (C=O) groups excluding carboxylic acids is 3. The number of benzene rings is 2. The molecule has 0 spiro atoms. The van der Waals surface area contributed by atoms with E-state index in [0.717, 1.165) is 18.4 Å². The van der Waals surface area contributed by atoms with Gasteiger partial charge in [-0.1, -0.05) is 6.07 Å². The second-order valence-corrected chi connectivity index (χ2v) is 7.72. The van der Waals surface area contributed by atoms with Crippen LogP contribution < -0.4 is 20.1 Å². The van der Waals surface area contributed by atoms with Crippen LogP contribution in [-0.4, -0.2) is 42.4 Å². The van der Waals surface area contributed by atoms with Crippen molar-refractivity contribution in [2.45, 2.75) is 32.7 Å². The smallest absolute Gasteiger partial charge is 0.254 e. The Bertz CT molecular complexity index is 1000. The number of anilines is 2. The van der Waals surface area contributed by atoms with Crippen molar-refractivity contribution in [1.29, 1.82) is 0 Å². The van der Waals surface area contributed by atoms with Gasteiger partial charge in [0.2, 0.25) is 11.8 Å². The van der Waals surface area contributed by atoms with Crippen LogP contribution in [0.25, 0.3) is 0 Å². The van der Waals surface area contributed by atoms with Gasteiger partial charge in [0.05, 0.1) is 6.04 Å². The minimum absolute atomic E-state index is 0.0861. The van der Waals surface area contributed by atoms with E-state index in [1.807, 2.05) is 23.1 Å². The maximum atomic E-state index is 13.4. The lowest BCUT2D eigenvalue weighted by Gasteiger charge is -2.27. The van der Waals surface area contributed by atoms with E-state index >= 15 is 0 Å². The molecule has 162 valence electrons. The zero-order chi connectivity index (χ0) is 22.0. The first kappa shape index (κ1) is 20.7. The first-order valence-electron chi connectivity index (χ1n) is 10.3. The molecule has 2 heterocycles. The zero-order valence-electron chi connectivity index (χ0n) is 17.6. The van der Waals surface area contributed by atoms with Crippen molar-refractivity contribution >= 4 is 29.1 Å². The van der Waals surface area contributed by atoms with Crippen molar-refractivity contribution in [3.8, 4) is 11.5 Å². The Kier molecular flexibility index (Phi) is 5.79. The van der Waals surface area contributed by atoms with E-state index in [2.05, 4.69) is 10.6 Å². The molecule has 8 heteroatoms. The van der Waals surface area contributed by atoms with E-state index in [0.29, 0.717) is 48.2 Å². The molecule has 2 aromatic carbocycles. The third kappa shape index (κ3) is 4.63. The Morgan fingerprint density at radius 1 is 0.903 bits per heavy atom. The van der Waals surface area contributed by atoms with Gasteiger partial charge in [0, 0.05) is 37.3 Å². The summed E-state index contributed by atoms with van der Waals surface area (Å²) >= 11 is 0. The number of ether oxygens (including phenoxy) is 2. The van der Waals surface area contributed by atoms with Crippen molar-refractivity contribution in [3.05, 3.63) is 47.5 Å². The number of rotatable bonds is 4. The van der Waals surface area contributed by atoms with E-state index in [1.54, 1.807) is 18.2 Å². The van der Waals surface area contributed by atoms with Gasteiger partial charge in [0.1, 0.15) is 13.2 Å². The van der Waals surface area contributed by atoms with Gasteiger partial charge < -0.3 is 25.0 Å². The van der Waals surface area contributed by atoms with Crippen LogP contribution >= 0.6 is 0 Å². The van der Waals surface area contributed by atoms with Crippen LogP contribution in [0.2, 0.25) is 0 Å². The number of hydrogen-bond donors (Lipinski definition) is 2. The van der Waals surface area contributed by atoms with Crippen molar-refractivity contribution in [3.63, 3.8) is 0 Å². The predicted octanol–water partition coefficient (Wildman–Crippen LogP) is 3.35. The van der Waals surface area contributed by atoms with Crippen molar-refractivity contribution in [1.82, 2.24) is 4.90 Å². The molecule has 2 aromatic rings. The number of fused-ring (bicyclic) bond motifs is 1. The van der Waals surface area contributed by atoms with Gasteiger partial charge in [-0.25, -0.2) is 0 Å². The lowest BCUT2D eigenvalue weighted by molar-refractivity contribution is -0.115. The van der Waals surface area contributed by atoms with Crippen LogP contribution in [-0.2, 0) is 9.59 Å². The maximum Gasteiger partial charge on any atom is 0.254 e. The van der Waals surface area contributed by atoms with Gasteiger partial charge in [-0.3, -0.25) is 14.4 Å². The molecule has 0 aliphatic carbocycles. The van der Waals surface area contributed by atoms with Crippen LogP contribution in [0.3, 0.4) is 0 Å².